The molecule has 8 nitrogen and oxygen atoms in total. The van der Waals surface area contributed by atoms with E-state index in [2.05, 4.69) is 51.2 Å². The number of likely N-dealkylation sites (N-methyl/N-ethyl adjacent to an activating group) is 1. The number of alkyl halides is 2. The molecular formula is C26H36F2N6O2. The van der Waals surface area contributed by atoms with E-state index in [9.17, 15) is 8.78 Å². The zero-order valence-corrected chi connectivity index (χ0v) is 21.2. The second kappa shape index (κ2) is 8.92. The van der Waals surface area contributed by atoms with Crippen molar-refractivity contribution in [1.82, 2.24) is 24.6 Å². The number of nitrogens with two attached hydrogens (primary N) is 1. The number of hydrogen-bond acceptors (Lipinski definition) is 7. The maximum absolute atomic E-state index is 12.8. The number of fused-ring (bicyclic) bond motifs is 1. The smallest absolute Gasteiger partial charge is 0.387 e. The van der Waals surface area contributed by atoms with E-state index in [1.165, 1.54) is 24.6 Å². The van der Waals surface area contributed by atoms with Gasteiger partial charge < -0.3 is 20.1 Å². The molecule has 0 amide bonds. The molecule has 36 heavy (non-hydrogen) atoms. The van der Waals surface area contributed by atoms with Gasteiger partial charge in [-0.25, -0.2) is 4.98 Å². The quantitative estimate of drug-likeness (QED) is 0.620. The van der Waals surface area contributed by atoms with Gasteiger partial charge in [-0.2, -0.15) is 13.9 Å². The van der Waals surface area contributed by atoms with Gasteiger partial charge in [-0.05, 0) is 57.2 Å². The highest BCUT2D eigenvalue weighted by molar-refractivity contribution is 5.64. The Morgan fingerprint density at radius 3 is 2.64 bits per heavy atom. The third-order valence-corrected chi connectivity index (χ3v) is 8.87. The van der Waals surface area contributed by atoms with Crippen LogP contribution in [0, 0.1) is 11.8 Å². The normalized spacial score (nSPS) is 30.4. The monoisotopic (exact) mass is 502 g/mol. The number of aromatic nitrogens is 3. The molecule has 2 aromatic rings. The van der Waals surface area contributed by atoms with E-state index in [0.29, 0.717) is 29.4 Å². The summed E-state index contributed by atoms with van der Waals surface area (Å²) in [5.41, 5.74) is 8.39. The topological polar surface area (TPSA) is 81.7 Å². The Kier molecular flexibility index (Phi) is 5.96. The number of likely N-dealkylation sites (tertiary alicyclic amines) is 1. The van der Waals surface area contributed by atoms with E-state index >= 15 is 0 Å². The van der Waals surface area contributed by atoms with Crippen LogP contribution in [0.25, 0.3) is 11.3 Å². The molecule has 2 N–H and O–H groups in total. The van der Waals surface area contributed by atoms with Gasteiger partial charge in [-0.15, -0.1) is 0 Å². The molecule has 2 aliphatic carbocycles. The number of ether oxygens (including phenoxy) is 2. The van der Waals surface area contributed by atoms with Gasteiger partial charge in [0.05, 0.1) is 12.3 Å². The molecule has 10 heteroatoms. The molecule has 2 aromatic heterocycles. The number of morpholine rings is 1. The first-order valence-electron chi connectivity index (χ1n) is 13.1. The zero-order chi connectivity index (χ0) is 25.2. The Bertz CT molecular complexity index is 1110. The summed E-state index contributed by atoms with van der Waals surface area (Å²) in [4.78, 5) is 9.08. The molecule has 6 rings (SSSR count). The minimum atomic E-state index is -2.96. The van der Waals surface area contributed by atoms with Gasteiger partial charge in [0.25, 0.3) is 0 Å². The molecule has 0 aromatic carbocycles. The van der Waals surface area contributed by atoms with E-state index in [0.717, 1.165) is 44.9 Å². The highest BCUT2D eigenvalue weighted by atomic mass is 19.3. The van der Waals surface area contributed by atoms with Gasteiger partial charge >= 0.3 is 6.61 Å². The fraction of sp³-hybridized carbons (Fsp3) is 0.692. The average molecular weight is 503 g/mol. The molecule has 4 aliphatic rings. The summed E-state index contributed by atoms with van der Waals surface area (Å²) >= 11 is 0. The summed E-state index contributed by atoms with van der Waals surface area (Å²) in [5, 5.41) is 4.90. The van der Waals surface area contributed by atoms with Crippen LogP contribution in [0.4, 0.5) is 14.6 Å². The molecular weight excluding hydrogens is 466 g/mol. The largest absolute Gasteiger partial charge is 0.431 e. The fourth-order valence-corrected chi connectivity index (χ4v) is 6.84. The van der Waals surface area contributed by atoms with Gasteiger partial charge in [-0.3, -0.25) is 9.58 Å². The van der Waals surface area contributed by atoms with E-state index < -0.39 is 6.61 Å². The number of rotatable bonds is 7. The van der Waals surface area contributed by atoms with Crippen molar-refractivity contribution < 1.29 is 18.3 Å². The third-order valence-electron chi connectivity index (χ3n) is 8.87. The Labute approximate surface area is 210 Å². The van der Waals surface area contributed by atoms with E-state index in [1.807, 2.05) is 0 Å². The number of anilines is 1. The van der Waals surface area contributed by atoms with Gasteiger partial charge in [-0.1, -0.05) is 6.92 Å². The molecule has 2 saturated heterocycles. The summed E-state index contributed by atoms with van der Waals surface area (Å²) in [6.07, 6.45) is 4.98. The van der Waals surface area contributed by atoms with Gasteiger partial charge in [0, 0.05) is 61.6 Å². The SMILES string of the molecule is CCC(C)n1nc(-c2cnc(N)c(OC(F)F)c2)cc1[C@H]1[C@@H]2C[C@H](N3CC4(CN(C)CCO4)C3)C[C@@H]21. The number of halogens is 2. The lowest BCUT2D eigenvalue weighted by Gasteiger charge is -2.55. The molecule has 4 heterocycles. The van der Waals surface area contributed by atoms with Gasteiger partial charge in [0.15, 0.2) is 11.6 Å². The molecule has 1 unspecified atom stereocenters. The Hall–Kier alpha value is -2.30. The molecule has 2 aliphatic heterocycles. The lowest BCUT2D eigenvalue weighted by atomic mass is 9.88. The maximum atomic E-state index is 12.8. The predicted molar refractivity (Wildman–Crippen MR) is 132 cm³/mol. The van der Waals surface area contributed by atoms with Crippen LogP contribution < -0.4 is 10.5 Å². The van der Waals surface area contributed by atoms with Crippen LogP contribution in [0.15, 0.2) is 18.3 Å². The Morgan fingerprint density at radius 2 is 1.97 bits per heavy atom. The van der Waals surface area contributed by atoms with Crippen molar-refractivity contribution in [3.63, 3.8) is 0 Å². The van der Waals surface area contributed by atoms with Crippen molar-refractivity contribution in [2.24, 2.45) is 11.8 Å². The highest BCUT2D eigenvalue weighted by Crippen LogP contribution is 2.64. The number of pyridine rings is 1. The standard InChI is InChI=1S/C26H36F2N6O2/c1-4-15(2)34-21(10-20(31-34)16-7-22(36-25(27)28)24(29)30-11-16)23-18-8-17(9-19(18)23)33-13-26(14-33)12-32(3)5-6-35-26/h7,10-11,15,17-19,23,25H,4-6,8-9,12-14H2,1-3H3,(H2,29,30)/t15?,17-,18+,19-,23-. The number of hydrogen-bond donors (Lipinski definition) is 1. The second-order valence-electron chi connectivity index (χ2n) is 11.3. The Morgan fingerprint density at radius 1 is 1.22 bits per heavy atom. The molecule has 0 radical (unpaired) electrons. The van der Waals surface area contributed by atoms with Gasteiger partial charge in [0.1, 0.15) is 5.60 Å². The van der Waals surface area contributed by atoms with Crippen LogP contribution in [0.3, 0.4) is 0 Å². The first-order chi connectivity index (χ1) is 17.3. The molecule has 196 valence electrons. The van der Waals surface area contributed by atoms with Crippen LogP contribution >= 0.6 is 0 Å². The minimum absolute atomic E-state index is 0.0449. The fourth-order valence-electron chi connectivity index (χ4n) is 6.84. The van der Waals surface area contributed by atoms with Crippen LogP contribution in [0.5, 0.6) is 5.75 Å². The van der Waals surface area contributed by atoms with Crippen molar-refractivity contribution in [3.8, 4) is 17.0 Å². The molecule has 4 fully saturated rings. The first kappa shape index (κ1) is 24.1. The minimum Gasteiger partial charge on any atom is -0.431 e. The molecule has 1 spiro atoms. The maximum Gasteiger partial charge on any atom is 0.387 e. The van der Waals surface area contributed by atoms with E-state index in [-0.39, 0.29) is 23.2 Å². The predicted octanol–water partition coefficient (Wildman–Crippen LogP) is 3.61. The van der Waals surface area contributed by atoms with Crippen molar-refractivity contribution in [1.29, 1.82) is 0 Å². The summed E-state index contributed by atoms with van der Waals surface area (Å²) in [5.74, 6) is 1.68. The van der Waals surface area contributed by atoms with Crippen molar-refractivity contribution in [3.05, 3.63) is 24.0 Å². The summed E-state index contributed by atoms with van der Waals surface area (Å²) < 4.78 is 38.5. The lowest BCUT2D eigenvalue weighted by Crippen LogP contribution is -2.71. The van der Waals surface area contributed by atoms with Gasteiger partial charge in [0.2, 0.25) is 0 Å². The van der Waals surface area contributed by atoms with Crippen LogP contribution in [0.2, 0.25) is 0 Å². The highest BCUT2D eigenvalue weighted by Gasteiger charge is 2.61. The van der Waals surface area contributed by atoms with E-state index in [1.54, 1.807) is 6.20 Å². The molecule has 2 saturated carbocycles. The van der Waals surface area contributed by atoms with Crippen LogP contribution in [0.1, 0.15) is 50.8 Å². The van der Waals surface area contributed by atoms with Crippen molar-refractivity contribution >= 4 is 5.82 Å². The summed E-state index contributed by atoms with van der Waals surface area (Å²) in [7, 11) is 2.18. The zero-order valence-electron chi connectivity index (χ0n) is 21.2. The third kappa shape index (κ3) is 4.16. The lowest BCUT2D eigenvalue weighted by molar-refractivity contribution is -0.190. The summed E-state index contributed by atoms with van der Waals surface area (Å²) in [6, 6.07) is 4.52. The van der Waals surface area contributed by atoms with Crippen molar-refractivity contribution in [2.45, 2.75) is 63.3 Å². The average Bonchev–Trinajstić information content (AvgIpc) is 3.15. The summed E-state index contributed by atoms with van der Waals surface area (Å²) in [6.45, 7) is 6.37. The van der Waals surface area contributed by atoms with Crippen LogP contribution in [-0.4, -0.2) is 82.7 Å². The molecule has 0 bridgehead atoms. The Balaban J connectivity index is 1.16. The molecule has 5 atom stereocenters. The number of nitrogens with zero attached hydrogens (tertiary/aromatic N) is 5. The number of nitrogen functional groups attached to an aromatic ring is 1. The van der Waals surface area contributed by atoms with E-state index in [4.69, 9.17) is 15.6 Å². The first-order valence-corrected chi connectivity index (χ1v) is 13.1. The second-order valence-corrected chi connectivity index (χ2v) is 11.3. The van der Waals surface area contributed by atoms with Crippen molar-refractivity contribution in [2.75, 3.05) is 45.6 Å². The van der Waals surface area contributed by atoms with Crippen LogP contribution in [-0.2, 0) is 4.74 Å².